The molecule has 0 aromatic rings. The Kier molecular flexibility index (Phi) is 6.51. The quantitative estimate of drug-likeness (QED) is 0.399. The zero-order valence-electron chi connectivity index (χ0n) is 7.84. The van der Waals surface area contributed by atoms with Gasteiger partial charge in [0.05, 0.1) is 0 Å². The lowest BCUT2D eigenvalue weighted by molar-refractivity contribution is 0.181. The van der Waals surface area contributed by atoms with E-state index in [4.69, 9.17) is 16.3 Å². The molecule has 5 N–H and O–H groups in total. The Morgan fingerprint density at radius 1 is 1.67 bits per heavy atom. The first-order chi connectivity index (χ1) is 5.76. The van der Waals surface area contributed by atoms with Gasteiger partial charge < -0.3 is 15.9 Å². The van der Waals surface area contributed by atoms with Gasteiger partial charge in [0.2, 0.25) is 0 Å². The van der Waals surface area contributed by atoms with Gasteiger partial charge in [-0.15, -0.1) is 0 Å². The predicted octanol–water partition coefficient (Wildman–Crippen LogP) is 0.313. The Hall–Kier alpha value is -0.740. The van der Waals surface area contributed by atoms with E-state index in [0.717, 1.165) is 25.1 Å². The standard InChI is InChI=1S/C8H19N3O/c1-3-7(4-5-12-2)8(9)6-11-10/h6-7,11H,3-5,9-10H2,1-2H3/b8-6-. The molecule has 0 fully saturated rings. The van der Waals surface area contributed by atoms with E-state index in [-0.39, 0.29) is 0 Å². The maximum atomic E-state index is 5.74. The highest BCUT2D eigenvalue weighted by molar-refractivity contribution is 4.99. The highest BCUT2D eigenvalue weighted by atomic mass is 16.5. The number of hydrogen-bond acceptors (Lipinski definition) is 4. The van der Waals surface area contributed by atoms with Crippen molar-refractivity contribution in [2.24, 2.45) is 17.5 Å². The van der Waals surface area contributed by atoms with Crippen LogP contribution in [-0.2, 0) is 4.74 Å². The summed E-state index contributed by atoms with van der Waals surface area (Å²) in [5.74, 6) is 5.47. The number of ether oxygens (including phenoxy) is 1. The van der Waals surface area contributed by atoms with E-state index in [9.17, 15) is 0 Å². The Balaban J connectivity index is 3.87. The Morgan fingerprint density at radius 3 is 2.75 bits per heavy atom. The van der Waals surface area contributed by atoms with Crippen molar-refractivity contribution in [1.82, 2.24) is 5.43 Å². The first kappa shape index (κ1) is 11.3. The molecular formula is C8H19N3O. The fraction of sp³-hybridized carbons (Fsp3) is 0.750. The molecule has 0 aliphatic rings. The molecule has 0 rings (SSSR count). The smallest absolute Gasteiger partial charge is 0.0468 e. The average Bonchev–Trinajstić information content (AvgIpc) is 2.06. The molecule has 0 aromatic heterocycles. The third-order valence-corrected chi connectivity index (χ3v) is 1.88. The van der Waals surface area contributed by atoms with Gasteiger partial charge in [0, 0.05) is 31.5 Å². The molecule has 0 heterocycles. The van der Waals surface area contributed by atoms with Gasteiger partial charge in [0.25, 0.3) is 0 Å². The van der Waals surface area contributed by atoms with Crippen LogP contribution in [0.3, 0.4) is 0 Å². The Labute approximate surface area is 73.9 Å². The van der Waals surface area contributed by atoms with Crippen LogP contribution in [0.4, 0.5) is 0 Å². The average molecular weight is 173 g/mol. The summed E-state index contributed by atoms with van der Waals surface area (Å²) in [5.41, 5.74) is 8.96. The third-order valence-electron chi connectivity index (χ3n) is 1.88. The molecular weight excluding hydrogens is 154 g/mol. The van der Waals surface area contributed by atoms with Crippen molar-refractivity contribution in [3.8, 4) is 0 Å². The summed E-state index contributed by atoms with van der Waals surface area (Å²) < 4.78 is 4.97. The van der Waals surface area contributed by atoms with Crippen LogP contribution in [0.1, 0.15) is 19.8 Å². The zero-order valence-corrected chi connectivity index (χ0v) is 7.84. The van der Waals surface area contributed by atoms with Crippen LogP contribution in [0.5, 0.6) is 0 Å². The van der Waals surface area contributed by atoms with E-state index >= 15 is 0 Å². The first-order valence-corrected chi connectivity index (χ1v) is 4.16. The molecule has 4 nitrogen and oxygen atoms in total. The van der Waals surface area contributed by atoms with Crippen LogP contribution in [-0.4, -0.2) is 13.7 Å². The van der Waals surface area contributed by atoms with Gasteiger partial charge in [-0.3, -0.25) is 5.84 Å². The molecule has 0 amide bonds. The van der Waals surface area contributed by atoms with Gasteiger partial charge in [-0.25, -0.2) is 0 Å². The van der Waals surface area contributed by atoms with E-state index in [1.807, 2.05) is 0 Å². The van der Waals surface area contributed by atoms with E-state index in [1.165, 1.54) is 0 Å². The molecule has 12 heavy (non-hydrogen) atoms. The van der Waals surface area contributed by atoms with Crippen molar-refractivity contribution in [3.63, 3.8) is 0 Å². The van der Waals surface area contributed by atoms with Crippen molar-refractivity contribution >= 4 is 0 Å². The SMILES string of the molecule is CCC(CCOC)/C(N)=C/NN. The second-order valence-corrected chi connectivity index (χ2v) is 2.70. The molecule has 0 spiro atoms. The molecule has 1 unspecified atom stereocenters. The minimum atomic E-state index is 0.362. The molecule has 0 radical (unpaired) electrons. The van der Waals surface area contributed by atoms with E-state index < -0.39 is 0 Å². The van der Waals surface area contributed by atoms with Gasteiger partial charge >= 0.3 is 0 Å². The number of nitrogens with one attached hydrogen (secondary N) is 1. The monoisotopic (exact) mass is 173 g/mol. The Bertz CT molecular complexity index is 136. The number of hydrogen-bond donors (Lipinski definition) is 3. The van der Waals surface area contributed by atoms with Gasteiger partial charge in [-0.2, -0.15) is 0 Å². The van der Waals surface area contributed by atoms with Crippen molar-refractivity contribution in [2.75, 3.05) is 13.7 Å². The lowest BCUT2D eigenvalue weighted by atomic mass is 10.00. The summed E-state index contributed by atoms with van der Waals surface area (Å²) in [4.78, 5) is 0. The van der Waals surface area contributed by atoms with Crippen molar-refractivity contribution in [1.29, 1.82) is 0 Å². The molecule has 0 bridgehead atoms. The summed E-state index contributed by atoms with van der Waals surface area (Å²) >= 11 is 0. The maximum absolute atomic E-state index is 5.74. The molecule has 72 valence electrons. The van der Waals surface area contributed by atoms with Gasteiger partial charge in [-0.05, 0) is 12.8 Å². The van der Waals surface area contributed by atoms with E-state index in [1.54, 1.807) is 13.3 Å². The van der Waals surface area contributed by atoms with Gasteiger partial charge in [0.1, 0.15) is 0 Å². The number of allylic oxidation sites excluding steroid dienone is 1. The van der Waals surface area contributed by atoms with Crippen LogP contribution in [0, 0.1) is 5.92 Å². The van der Waals surface area contributed by atoms with Crippen molar-refractivity contribution in [2.45, 2.75) is 19.8 Å². The lowest BCUT2D eigenvalue weighted by Gasteiger charge is -2.14. The summed E-state index contributed by atoms with van der Waals surface area (Å²) in [6.07, 6.45) is 3.58. The molecule has 4 heteroatoms. The molecule has 0 saturated heterocycles. The molecule has 0 saturated carbocycles. The van der Waals surface area contributed by atoms with Crippen molar-refractivity contribution in [3.05, 3.63) is 11.9 Å². The van der Waals surface area contributed by atoms with Crippen LogP contribution < -0.4 is 17.0 Å². The number of nitrogens with two attached hydrogens (primary N) is 2. The Morgan fingerprint density at radius 2 is 2.33 bits per heavy atom. The highest BCUT2D eigenvalue weighted by Gasteiger charge is 2.08. The maximum Gasteiger partial charge on any atom is 0.0468 e. The fourth-order valence-corrected chi connectivity index (χ4v) is 1.08. The molecule has 0 aliphatic carbocycles. The van der Waals surface area contributed by atoms with Crippen LogP contribution >= 0.6 is 0 Å². The number of rotatable bonds is 6. The second kappa shape index (κ2) is 6.94. The first-order valence-electron chi connectivity index (χ1n) is 4.16. The summed E-state index contributed by atoms with van der Waals surface area (Å²) in [5, 5.41) is 0. The normalized spacial score (nSPS) is 14.4. The fourth-order valence-electron chi connectivity index (χ4n) is 1.08. The third kappa shape index (κ3) is 4.20. The minimum Gasteiger partial charge on any atom is -0.401 e. The number of hydrazine groups is 1. The van der Waals surface area contributed by atoms with Gasteiger partial charge in [-0.1, -0.05) is 6.92 Å². The highest BCUT2D eigenvalue weighted by Crippen LogP contribution is 2.13. The summed E-state index contributed by atoms with van der Waals surface area (Å²) in [6.45, 7) is 2.83. The molecule has 0 aliphatic heterocycles. The zero-order chi connectivity index (χ0) is 9.40. The molecule has 0 aromatic carbocycles. The van der Waals surface area contributed by atoms with E-state index in [2.05, 4.69) is 12.3 Å². The second-order valence-electron chi connectivity index (χ2n) is 2.70. The van der Waals surface area contributed by atoms with Crippen LogP contribution in [0.15, 0.2) is 11.9 Å². The number of methoxy groups -OCH3 is 1. The summed E-state index contributed by atoms with van der Waals surface area (Å²) in [6, 6.07) is 0. The largest absolute Gasteiger partial charge is 0.401 e. The lowest BCUT2D eigenvalue weighted by Crippen LogP contribution is -2.21. The van der Waals surface area contributed by atoms with Crippen molar-refractivity contribution < 1.29 is 4.74 Å². The topological polar surface area (TPSA) is 73.3 Å². The van der Waals surface area contributed by atoms with E-state index in [0.29, 0.717) is 5.92 Å². The van der Waals surface area contributed by atoms with Crippen LogP contribution in [0.25, 0.3) is 0 Å². The van der Waals surface area contributed by atoms with Gasteiger partial charge in [0.15, 0.2) is 0 Å². The molecule has 1 atom stereocenters. The van der Waals surface area contributed by atoms with Crippen LogP contribution in [0.2, 0.25) is 0 Å². The summed E-state index contributed by atoms with van der Waals surface area (Å²) in [7, 11) is 1.69. The predicted molar refractivity (Wildman–Crippen MR) is 49.9 cm³/mol. The minimum absolute atomic E-state index is 0.362.